The lowest BCUT2D eigenvalue weighted by Crippen LogP contribution is -2.56. The van der Waals surface area contributed by atoms with E-state index in [1.54, 1.807) is 0 Å². The maximum absolute atomic E-state index is 7.13. The lowest BCUT2D eigenvalue weighted by atomic mass is 10.0. The summed E-state index contributed by atoms with van der Waals surface area (Å²) in [6.07, 6.45) is -0.579. The monoisotopic (exact) mass is 447 g/mol. The first-order valence-electron chi connectivity index (χ1n) is 11.2. The van der Waals surface area contributed by atoms with Crippen LogP contribution in [0.4, 0.5) is 0 Å². The quantitative estimate of drug-likeness (QED) is 0.520. The van der Waals surface area contributed by atoms with Gasteiger partial charge in [-0.2, -0.15) is 0 Å². The maximum atomic E-state index is 7.13. The number of likely N-dealkylation sites (N-methyl/N-ethyl adjacent to an activating group) is 1. The molecule has 3 rings (SSSR count). The fraction of sp³-hybridized carbons (Fsp3) is 1.00. The molecule has 3 saturated heterocycles. The Morgan fingerprint density at radius 1 is 1.03 bits per heavy atom. The van der Waals surface area contributed by atoms with Crippen molar-refractivity contribution in [3.05, 3.63) is 0 Å². The lowest BCUT2D eigenvalue weighted by Gasteiger charge is -2.41. The van der Waals surface area contributed by atoms with Crippen LogP contribution in [0.15, 0.2) is 0 Å². The summed E-state index contributed by atoms with van der Waals surface area (Å²) < 4.78 is 32.2. The van der Waals surface area contributed by atoms with Gasteiger partial charge in [0.15, 0.2) is 19.9 Å². The Labute approximate surface area is 182 Å². The molecule has 6 nitrogen and oxygen atoms in total. The average Bonchev–Trinajstić information content (AvgIpc) is 3.33. The van der Waals surface area contributed by atoms with Crippen LogP contribution in [0.2, 0.25) is 18.1 Å². The molecule has 3 aliphatic heterocycles. The molecule has 5 atom stereocenters. The van der Waals surface area contributed by atoms with Crippen LogP contribution in [0.25, 0.3) is 0 Å². The molecule has 0 radical (unpaired) electrons. The van der Waals surface area contributed by atoms with Crippen molar-refractivity contribution in [1.82, 2.24) is 4.90 Å². The summed E-state index contributed by atoms with van der Waals surface area (Å²) >= 11 is 1.98. The van der Waals surface area contributed by atoms with E-state index in [9.17, 15) is 0 Å². The Morgan fingerprint density at radius 3 is 2.17 bits per heavy atom. The van der Waals surface area contributed by atoms with E-state index < -0.39 is 19.9 Å². The van der Waals surface area contributed by atoms with Gasteiger partial charge in [0, 0.05) is 12.3 Å². The number of rotatable bonds is 8. The highest BCUT2D eigenvalue weighted by atomic mass is 32.2. The van der Waals surface area contributed by atoms with Crippen molar-refractivity contribution in [2.75, 3.05) is 26.0 Å². The van der Waals surface area contributed by atoms with Crippen LogP contribution in [0.3, 0.4) is 0 Å². The fourth-order valence-corrected chi connectivity index (χ4v) is 9.06. The molecule has 29 heavy (non-hydrogen) atoms. The first-order chi connectivity index (χ1) is 13.6. The largest absolute Gasteiger partial charge is 0.409 e. The van der Waals surface area contributed by atoms with Crippen molar-refractivity contribution in [1.29, 1.82) is 0 Å². The van der Waals surface area contributed by atoms with Gasteiger partial charge in [0.25, 0.3) is 0 Å². The molecular formula is C21H41NO5SSi. The minimum Gasteiger partial charge on any atom is -0.409 e. The zero-order valence-electron chi connectivity index (χ0n) is 19.5. The molecule has 0 amide bonds. The third-order valence-corrected chi connectivity index (χ3v) is 12.7. The standard InChI is InChI=1S/C21H41NO5SSi/c1-9-29(10-2,11-3)27-18(19-22(8)12-13-28-19)17-16(25-21(6,7)26-17)15-14-23-20(4,5)24-15/h15-19H,9-14H2,1-8H3/t15-,16+,17-,18-,19?/m0/s1. The highest BCUT2D eigenvalue weighted by Crippen LogP contribution is 2.42. The van der Waals surface area contributed by atoms with E-state index in [4.69, 9.17) is 23.4 Å². The van der Waals surface area contributed by atoms with Gasteiger partial charge < -0.3 is 23.4 Å². The predicted octanol–water partition coefficient (Wildman–Crippen LogP) is 4.05. The fourth-order valence-electron chi connectivity index (χ4n) is 4.73. The summed E-state index contributed by atoms with van der Waals surface area (Å²) in [7, 11) is 0.360. The van der Waals surface area contributed by atoms with Gasteiger partial charge in [-0.1, -0.05) is 20.8 Å². The molecule has 8 heteroatoms. The van der Waals surface area contributed by atoms with Gasteiger partial charge >= 0.3 is 0 Å². The molecule has 0 N–H and O–H groups in total. The summed E-state index contributed by atoms with van der Waals surface area (Å²) in [5.74, 6) is -0.128. The smallest absolute Gasteiger partial charge is 0.192 e. The zero-order valence-corrected chi connectivity index (χ0v) is 21.3. The Hall–Kier alpha value is 0.327. The molecule has 0 aliphatic carbocycles. The Kier molecular flexibility index (Phi) is 7.49. The van der Waals surface area contributed by atoms with Crippen LogP contribution in [-0.4, -0.2) is 80.5 Å². The van der Waals surface area contributed by atoms with E-state index in [0.717, 1.165) is 30.4 Å². The predicted molar refractivity (Wildman–Crippen MR) is 120 cm³/mol. The van der Waals surface area contributed by atoms with Gasteiger partial charge in [-0.15, -0.1) is 11.8 Å². The third kappa shape index (κ3) is 5.22. The van der Waals surface area contributed by atoms with Crippen LogP contribution in [-0.2, 0) is 23.4 Å². The minimum atomic E-state index is -1.84. The molecule has 0 bridgehead atoms. The molecule has 0 aromatic carbocycles. The summed E-state index contributed by atoms with van der Waals surface area (Å²) in [5.41, 5.74) is 0. The van der Waals surface area contributed by atoms with Crippen molar-refractivity contribution in [2.24, 2.45) is 0 Å². The van der Waals surface area contributed by atoms with Crippen LogP contribution < -0.4 is 0 Å². The van der Waals surface area contributed by atoms with E-state index in [0.29, 0.717) is 6.61 Å². The molecule has 0 aromatic heterocycles. The van der Waals surface area contributed by atoms with Gasteiger partial charge in [-0.05, 0) is 52.9 Å². The van der Waals surface area contributed by atoms with E-state index in [1.165, 1.54) is 0 Å². The van der Waals surface area contributed by atoms with E-state index in [2.05, 4.69) is 32.7 Å². The third-order valence-electron chi connectivity index (χ3n) is 6.65. The van der Waals surface area contributed by atoms with E-state index in [-0.39, 0.29) is 29.8 Å². The SMILES string of the molecule is CC[Si](CC)(CC)O[C@H](C1SCCN1C)[C@H]1OC(C)(C)O[C@@H]1[C@@H]1COC(C)(C)O1. The Bertz CT molecular complexity index is 551. The second-order valence-corrected chi connectivity index (χ2v) is 15.4. The maximum Gasteiger partial charge on any atom is 0.192 e. The minimum absolute atomic E-state index is 0.0434. The highest BCUT2D eigenvalue weighted by molar-refractivity contribution is 8.00. The zero-order chi connectivity index (χ0) is 21.4. The van der Waals surface area contributed by atoms with Gasteiger partial charge in [0.1, 0.15) is 18.3 Å². The normalized spacial score (nSPS) is 36.0. The molecule has 0 spiro atoms. The molecular weight excluding hydrogens is 406 g/mol. The number of hydrogen-bond acceptors (Lipinski definition) is 7. The van der Waals surface area contributed by atoms with Gasteiger partial charge in [0.2, 0.25) is 0 Å². The van der Waals surface area contributed by atoms with E-state index >= 15 is 0 Å². The number of thioether (sulfide) groups is 1. The van der Waals surface area contributed by atoms with E-state index in [1.807, 2.05) is 39.5 Å². The first-order valence-corrected chi connectivity index (χ1v) is 14.8. The van der Waals surface area contributed by atoms with Gasteiger partial charge in [-0.3, -0.25) is 4.90 Å². The van der Waals surface area contributed by atoms with Crippen molar-refractivity contribution in [3.8, 4) is 0 Å². The summed E-state index contributed by atoms with van der Waals surface area (Å²) in [6, 6.07) is 3.36. The summed E-state index contributed by atoms with van der Waals surface area (Å²) in [5, 5.41) is 0.270. The molecule has 3 fully saturated rings. The van der Waals surface area contributed by atoms with Gasteiger partial charge in [-0.25, -0.2) is 0 Å². The molecule has 3 aliphatic rings. The number of nitrogens with zero attached hydrogens (tertiary/aromatic N) is 1. The second kappa shape index (κ2) is 9.06. The Morgan fingerprint density at radius 2 is 1.69 bits per heavy atom. The molecule has 0 aromatic rings. The lowest BCUT2D eigenvalue weighted by molar-refractivity contribution is -0.175. The topological polar surface area (TPSA) is 49.4 Å². The van der Waals surface area contributed by atoms with Crippen molar-refractivity contribution >= 4 is 20.1 Å². The molecule has 0 saturated carbocycles. The molecule has 1 unspecified atom stereocenters. The summed E-state index contributed by atoms with van der Waals surface area (Å²) in [6.45, 7) is 16.4. The highest BCUT2D eigenvalue weighted by Gasteiger charge is 2.55. The second-order valence-electron chi connectivity index (χ2n) is 9.50. The summed E-state index contributed by atoms with van der Waals surface area (Å²) in [4.78, 5) is 2.41. The number of ether oxygens (including phenoxy) is 4. The Balaban J connectivity index is 1.91. The first kappa shape index (κ1) is 24.0. The van der Waals surface area contributed by atoms with Crippen LogP contribution >= 0.6 is 11.8 Å². The van der Waals surface area contributed by atoms with Crippen LogP contribution in [0.5, 0.6) is 0 Å². The van der Waals surface area contributed by atoms with Crippen LogP contribution in [0, 0.1) is 0 Å². The molecule has 3 heterocycles. The number of hydrogen-bond donors (Lipinski definition) is 0. The van der Waals surface area contributed by atoms with Crippen molar-refractivity contribution in [2.45, 2.75) is 108 Å². The van der Waals surface area contributed by atoms with Crippen LogP contribution in [0.1, 0.15) is 48.5 Å². The van der Waals surface area contributed by atoms with Crippen molar-refractivity contribution < 1.29 is 23.4 Å². The van der Waals surface area contributed by atoms with Gasteiger partial charge in [0.05, 0.1) is 18.1 Å². The van der Waals surface area contributed by atoms with Crippen molar-refractivity contribution in [3.63, 3.8) is 0 Å². The average molecular weight is 448 g/mol. The molecule has 170 valence electrons.